The molecule has 2 aliphatic rings. The molecule has 100 valence electrons. The predicted octanol–water partition coefficient (Wildman–Crippen LogP) is 0.349. The van der Waals surface area contributed by atoms with Crippen LogP contribution in [0, 0.1) is 0 Å². The van der Waals surface area contributed by atoms with Gasteiger partial charge in [-0.15, -0.1) is 0 Å². The van der Waals surface area contributed by atoms with Gasteiger partial charge in [0, 0.05) is 19.6 Å². The molecule has 2 aromatic rings. The number of rotatable bonds is 1. The van der Waals surface area contributed by atoms with Crippen LogP contribution in [-0.2, 0) is 9.47 Å². The third kappa shape index (κ3) is 1.77. The summed E-state index contributed by atoms with van der Waals surface area (Å²) in [6.45, 7) is 3.77. The predicted molar refractivity (Wildman–Crippen MR) is 68.0 cm³/mol. The fourth-order valence-corrected chi connectivity index (χ4v) is 2.84. The number of nitrogens with one attached hydrogen (secondary N) is 1. The van der Waals surface area contributed by atoms with Gasteiger partial charge in [0.05, 0.1) is 26.1 Å². The van der Waals surface area contributed by atoms with Gasteiger partial charge in [-0.05, 0) is 0 Å². The minimum atomic E-state index is -0.171. The van der Waals surface area contributed by atoms with Crippen molar-refractivity contribution in [2.75, 3.05) is 37.8 Å². The summed E-state index contributed by atoms with van der Waals surface area (Å²) in [5.41, 5.74) is 1.42. The highest BCUT2D eigenvalue weighted by atomic mass is 16.6. The van der Waals surface area contributed by atoms with E-state index in [1.54, 1.807) is 12.7 Å². The molecule has 1 N–H and O–H groups in total. The Bertz CT molecular complexity index is 593. The van der Waals surface area contributed by atoms with Gasteiger partial charge in [-0.25, -0.2) is 15.0 Å². The lowest BCUT2D eigenvalue weighted by molar-refractivity contribution is -0.0580. The summed E-state index contributed by atoms with van der Waals surface area (Å²) in [4.78, 5) is 18.1. The molecule has 2 fully saturated rings. The van der Waals surface area contributed by atoms with Gasteiger partial charge in [-0.3, -0.25) is 0 Å². The van der Waals surface area contributed by atoms with Crippen LogP contribution in [0.4, 0.5) is 5.82 Å². The Morgan fingerprint density at radius 2 is 2.26 bits per heavy atom. The smallest absolute Gasteiger partial charge is 0.182 e. The number of H-pyrrole nitrogens is 1. The first-order valence-corrected chi connectivity index (χ1v) is 6.47. The van der Waals surface area contributed by atoms with Gasteiger partial charge < -0.3 is 19.4 Å². The fraction of sp³-hybridized carbons (Fsp3) is 0.583. The van der Waals surface area contributed by atoms with E-state index in [1.165, 1.54) is 0 Å². The summed E-state index contributed by atoms with van der Waals surface area (Å²) in [5, 5.41) is 0. The highest BCUT2D eigenvalue weighted by Gasteiger charge is 2.41. The number of anilines is 1. The Morgan fingerprint density at radius 1 is 1.26 bits per heavy atom. The van der Waals surface area contributed by atoms with Crippen molar-refractivity contribution in [1.82, 2.24) is 19.9 Å². The molecule has 0 bridgehead atoms. The molecule has 1 unspecified atom stereocenters. The number of morpholine rings is 1. The number of aromatic amines is 1. The minimum absolute atomic E-state index is 0.171. The lowest BCUT2D eigenvalue weighted by Crippen LogP contribution is -2.52. The zero-order valence-corrected chi connectivity index (χ0v) is 10.5. The van der Waals surface area contributed by atoms with Gasteiger partial charge in [0.15, 0.2) is 11.5 Å². The third-order valence-corrected chi connectivity index (χ3v) is 3.82. The van der Waals surface area contributed by atoms with Gasteiger partial charge in [0.1, 0.15) is 17.4 Å². The molecule has 2 aromatic heterocycles. The molecule has 7 heteroatoms. The van der Waals surface area contributed by atoms with E-state index < -0.39 is 0 Å². The molecule has 1 atom stereocenters. The highest BCUT2D eigenvalue weighted by molar-refractivity contribution is 5.82. The number of fused-ring (bicyclic) bond motifs is 1. The summed E-state index contributed by atoms with van der Waals surface area (Å²) in [7, 11) is 0. The van der Waals surface area contributed by atoms with Gasteiger partial charge in [-0.2, -0.15) is 0 Å². The topological polar surface area (TPSA) is 76.2 Å². The van der Waals surface area contributed by atoms with Crippen molar-refractivity contribution in [3.05, 3.63) is 12.7 Å². The minimum Gasteiger partial charge on any atom is -0.378 e. The molecule has 2 aliphatic heterocycles. The second-order valence-corrected chi connectivity index (χ2v) is 5.05. The Hall–Kier alpha value is -1.73. The zero-order chi connectivity index (χ0) is 12.7. The van der Waals surface area contributed by atoms with Crippen LogP contribution in [0.15, 0.2) is 12.7 Å². The van der Waals surface area contributed by atoms with Crippen molar-refractivity contribution < 1.29 is 9.47 Å². The summed E-state index contributed by atoms with van der Waals surface area (Å²) < 4.78 is 11.4. The van der Waals surface area contributed by atoms with Crippen LogP contribution in [0.1, 0.15) is 6.42 Å². The fourth-order valence-electron chi connectivity index (χ4n) is 2.84. The van der Waals surface area contributed by atoms with Crippen LogP contribution in [0.2, 0.25) is 0 Å². The van der Waals surface area contributed by atoms with Gasteiger partial charge >= 0.3 is 0 Å². The van der Waals surface area contributed by atoms with Crippen LogP contribution < -0.4 is 4.90 Å². The quantitative estimate of drug-likeness (QED) is 0.798. The molecule has 0 amide bonds. The molecule has 4 rings (SSSR count). The average molecular weight is 261 g/mol. The lowest BCUT2D eigenvalue weighted by atomic mass is 10.0. The van der Waals surface area contributed by atoms with E-state index in [0.29, 0.717) is 18.9 Å². The van der Waals surface area contributed by atoms with Crippen molar-refractivity contribution in [1.29, 1.82) is 0 Å². The lowest BCUT2D eigenvalue weighted by Gasteiger charge is -2.40. The van der Waals surface area contributed by atoms with Crippen molar-refractivity contribution >= 4 is 17.0 Å². The molecule has 0 radical (unpaired) electrons. The summed E-state index contributed by atoms with van der Waals surface area (Å²) >= 11 is 0. The van der Waals surface area contributed by atoms with Crippen molar-refractivity contribution in [3.63, 3.8) is 0 Å². The Kier molecular flexibility index (Phi) is 2.42. The molecule has 2 saturated heterocycles. The van der Waals surface area contributed by atoms with E-state index in [-0.39, 0.29) is 5.60 Å². The standard InChI is InChI=1S/C12H15N5O2/c1-3-18-6-12(1)5-17(2-4-19-12)11-9-10(14-7-13-9)15-8-16-11/h7-8H,1-6H2,(H,13,14,15,16). The Morgan fingerprint density at radius 3 is 3.16 bits per heavy atom. The number of aromatic nitrogens is 4. The summed E-state index contributed by atoms with van der Waals surface area (Å²) in [6.07, 6.45) is 4.16. The normalized spacial score (nSPS) is 27.5. The van der Waals surface area contributed by atoms with Crippen LogP contribution in [0.5, 0.6) is 0 Å². The second kappa shape index (κ2) is 4.14. The monoisotopic (exact) mass is 261 g/mol. The van der Waals surface area contributed by atoms with Gasteiger partial charge in [0.2, 0.25) is 0 Å². The molecule has 4 heterocycles. The number of hydrogen-bond acceptors (Lipinski definition) is 6. The molecule has 19 heavy (non-hydrogen) atoms. The first kappa shape index (κ1) is 11.1. The SMILES string of the molecule is c1nc(N2CCOC3(CCOC3)C2)c2[nH]cnc2n1. The molecule has 0 aromatic carbocycles. The molecule has 7 nitrogen and oxygen atoms in total. The number of imidazole rings is 1. The molecule has 0 aliphatic carbocycles. The van der Waals surface area contributed by atoms with E-state index in [0.717, 1.165) is 37.5 Å². The molecule has 0 saturated carbocycles. The highest BCUT2D eigenvalue weighted by Crippen LogP contribution is 2.30. The maximum atomic E-state index is 5.94. The van der Waals surface area contributed by atoms with E-state index in [4.69, 9.17) is 9.47 Å². The van der Waals surface area contributed by atoms with Gasteiger partial charge in [-0.1, -0.05) is 0 Å². The van der Waals surface area contributed by atoms with Crippen molar-refractivity contribution in [2.45, 2.75) is 12.0 Å². The van der Waals surface area contributed by atoms with Crippen molar-refractivity contribution in [2.24, 2.45) is 0 Å². The van der Waals surface area contributed by atoms with E-state index >= 15 is 0 Å². The van der Waals surface area contributed by atoms with Crippen molar-refractivity contribution in [3.8, 4) is 0 Å². The number of nitrogens with zero attached hydrogens (tertiary/aromatic N) is 4. The Labute approximate surface area is 110 Å². The molecule has 1 spiro atoms. The number of hydrogen-bond donors (Lipinski definition) is 1. The zero-order valence-electron chi connectivity index (χ0n) is 10.5. The van der Waals surface area contributed by atoms with E-state index in [2.05, 4.69) is 24.8 Å². The molecular weight excluding hydrogens is 246 g/mol. The van der Waals surface area contributed by atoms with Gasteiger partial charge in [0.25, 0.3) is 0 Å². The van der Waals surface area contributed by atoms with Crippen LogP contribution in [0.3, 0.4) is 0 Å². The average Bonchev–Trinajstić information content (AvgIpc) is 3.07. The molecular formula is C12H15N5O2. The van der Waals surface area contributed by atoms with Crippen LogP contribution >= 0.6 is 0 Å². The van der Waals surface area contributed by atoms with Crippen LogP contribution in [-0.4, -0.2) is 58.4 Å². The third-order valence-electron chi connectivity index (χ3n) is 3.82. The maximum Gasteiger partial charge on any atom is 0.182 e. The maximum absolute atomic E-state index is 5.94. The Balaban J connectivity index is 1.70. The first-order valence-electron chi connectivity index (χ1n) is 6.47. The largest absolute Gasteiger partial charge is 0.378 e. The van der Waals surface area contributed by atoms with Crippen LogP contribution in [0.25, 0.3) is 11.2 Å². The first-order chi connectivity index (χ1) is 9.36. The van der Waals surface area contributed by atoms with E-state index in [1.807, 2.05) is 0 Å². The summed E-state index contributed by atoms with van der Waals surface area (Å²) in [6, 6.07) is 0. The summed E-state index contributed by atoms with van der Waals surface area (Å²) in [5.74, 6) is 0.900. The van der Waals surface area contributed by atoms with E-state index in [9.17, 15) is 0 Å². The number of ether oxygens (including phenoxy) is 2. The second-order valence-electron chi connectivity index (χ2n) is 5.05.